The van der Waals surface area contributed by atoms with Gasteiger partial charge in [0.1, 0.15) is 6.10 Å². The Morgan fingerprint density at radius 1 is 1.62 bits per heavy atom. The normalized spacial score (nSPS) is 12.8. The topological polar surface area (TPSA) is 53.1 Å². The standard InChI is InChI=1S/C9H17N3O/c1-3-8(5-10)13-9-6-11-12(4-2)7-9/h6-8H,3-5,10H2,1-2H3. The van der Waals surface area contributed by atoms with Crippen LogP contribution in [-0.4, -0.2) is 22.4 Å². The zero-order valence-electron chi connectivity index (χ0n) is 8.23. The molecule has 0 bridgehead atoms. The first-order chi connectivity index (χ1) is 6.30. The third kappa shape index (κ3) is 2.73. The van der Waals surface area contributed by atoms with E-state index in [1.165, 1.54) is 0 Å². The molecule has 1 aromatic heterocycles. The first kappa shape index (κ1) is 10.1. The lowest BCUT2D eigenvalue weighted by molar-refractivity contribution is 0.205. The second-order valence-electron chi connectivity index (χ2n) is 2.92. The van der Waals surface area contributed by atoms with E-state index in [4.69, 9.17) is 10.5 Å². The van der Waals surface area contributed by atoms with Crippen LogP contribution in [0.3, 0.4) is 0 Å². The number of aryl methyl sites for hydroxylation is 1. The predicted octanol–water partition coefficient (Wildman–Crippen LogP) is 1.02. The molecule has 0 amide bonds. The van der Waals surface area contributed by atoms with Crippen molar-refractivity contribution in [1.29, 1.82) is 0 Å². The third-order valence-corrected chi connectivity index (χ3v) is 1.95. The highest BCUT2D eigenvalue weighted by Gasteiger charge is 2.06. The highest BCUT2D eigenvalue weighted by molar-refractivity contribution is 5.12. The molecule has 1 heterocycles. The average molecular weight is 183 g/mol. The molecule has 1 atom stereocenters. The van der Waals surface area contributed by atoms with Crippen molar-refractivity contribution in [2.45, 2.75) is 32.9 Å². The maximum atomic E-state index is 5.59. The quantitative estimate of drug-likeness (QED) is 0.741. The van der Waals surface area contributed by atoms with Crippen molar-refractivity contribution in [3.8, 4) is 5.75 Å². The summed E-state index contributed by atoms with van der Waals surface area (Å²) >= 11 is 0. The molecule has 13 heavy (non-hydrogen) atoms. The number of nitrogens with two attached hydrogens (primary N) is 1. The smallest absolute Gasteiger partial charge is 0.157 e. The predicted molar refractivity (Wildman–Crippen MR) is 51.7 cm³/mol. The van der Waals surface area contributed by atoms with Crippen LogP contribution in [0.2, 0.25) is 0 Å². The largest absolute Gasteiger partial charge is 0.486 e. The Balaban J connectivity index is 2.52. The van der Waals surface area contributed by atoms with Crippen LogP contribution in [0.15, 0.2) is 12.4 Å². The van der Waals surface area contributed by atoms with Gasteiger partial charge in [-0.25, -0.2) is 0 Å². The van der Waals surface area contributed by atoms with E-state index in [1.807, 2.05) is 17.8 Å². The van der Waals surface area contributed by atoms with Crippen molar-refractivity contribution in [1.82, 2.24) is 9.78 Å². The summed E-state index contributed by atoms with van der Waals surface area (Å²) in [6.45, 7) is 5.51. The van der Waals surface area contributed by atoms with Gasteiger partial charge in [0.25, 0.3) is 0 Å². The van der Waals surface area contributed by atoms with E-state index in [9.17, 15) is 0 Å². The lowest BCUT2D eigenvalue weighted by atomic mass is 10.3. The fourth-order valence-electron chi connectivity index (χ4n) is 1.07. The summed E-state index contributed by atoms with van der Waals surface area (Å²) in [4.78, 5) is 0. The molecule has 2 N–H and O–H groups in total. The lowest BCUT2D eigenvalue weighted by Crippen LogP contribution is -2.25. The first-order valence-electron chi connectivity index (χ1n) is 4.69. The maximum Gasteiger partial charge on any atom is 0.157 e. The number of hydrogen-bond donors (Lipinski definition) is 1. The van der Waals surface area contributed by atoms with Crippen molar-refractivity contribution in [2.24, 2.45) is 5.73 Å². The second kappa shape index (κ2) is 4.87. The molecular weight excluding hydrogens is 166 g/mol. The summed E-state index contributed by atoms with van der Waals surface area (Å²) in [5.74, 6) is 0.805. The molecule has 0 aliphatic rings. The number of ether oxygens (including phenoxy) is 1. The first-order valence-corrected chi connectivity index (χ1v) is 4.69. The number of nitrogens with zero attached hydrogens (tertiary/aromatic N) is 2. The van der Waals surface area contributed by atoms with Crippen LogP contribution < -0.4 is 10.5 Å². The summed E-state index contributed by atoms with van der Waals surface area (Å²) in [7, 11) is 0. The van der Waals surface area contributed by atoms with Crippen LogP contribution in [0, 0.1) is 0 Å². The van der Waals surface area contributed by atoms with Gasteiger partial charge in [0.05, 0.1) is 12.4 Å². The molecule has 74 valence electrons. The van der Waals surface area contributed by atoms with Crippen LogP contribution in [0.5, 0.6) is 5.75 Å². The van der Waals surface area contributed by atoms with Crippen LogP contribution in [0.25, 0.3) is 0 Å². The van der Waals surface area contributed by atoms with Crippen molar-refractivity contribution >= 4 is 0 Å². The molecule has 1 unspecified atom stereocenters. The SMILES string of the molecule is CCC(CN)Oc1cnn(CC)c1. The molecule has 0 saturated carbocycles. The molecular formula is C9H17N3O. The Bertz CT molecular complexity index is 243. The highest BCUT2D eigenvalue weighted by atomic mass is 16.5. The maximum absolute atomic E-state index is 5.59. The van der Waals surface area contributed by atoms with Crippen molar-refractivity contribution in [3.05, 3.63) is 12.4 Å². The van der Waals surface area contributed by atoms with E-state index in [1.54, 1.807) is 6.20 Å². The summed E-state index contributed by atoms with van der Waals surface area (Å²) in [6, 6.07) is 0. The zero-order chi connectivity index (χ0) is 9.68. The van der Waals surface area contributed by atoms with Gasteiger partial charge in [-0.1, -0.05) is 6.92 Å². The lowest BCUT2D eigenvalue weighted by Gasteiger charge is -2.12. The average Bonchev–Trinajstić information content (AvgIpc) is 2.61. The van der Waals surface area contributed by atoms with Crippen LogP contribution in [0.4, 0.5) is 0 Å². The van der Waals surface area contributed by atoms with Crippen molar-refractivity contribution < 1.29 is 4.74 Å². The Hall–Kier alpha value is -1.03. The van der Waals surface area contributed by atoms with E-state index >= 15 is 0 Å². The number of hydrogen-bond acceptors (Lipinski definition) is 3. The molecule has 0 fully saturated rings. The van der Waals surface area contributed by atoms with Gasteiger partial charge in [0, 0.05) is 13.1 Å². The molecule has 1 rings (SSSR count). The molecule has 1 aromatic rings. The van der Waals surface area contributed by atoms with E-state index < -0.39 is 0 Å². The van der Waals surface area contributed by atoms with Crippen molar-refractivity contribution in [3.63, 3.8) is 0 Å². The fourth-order valence-corrected chi connectivity index (χ4v) is 1.07. The minimum absolute atomic E-state index is 0.106. The summed E-state index contributed by atoms with van der Waals surface area (Å²) in [6.07, 6.45) is 4.64. The Morgan fingerprint density at radius 2 is 2.38 bits per heavy atom. The molecule has 4 nitrogen and oxygen atoms in total. The van der Waals surface area contributed by atoms with E-state index in [2.05, 4.69) is 12.0 Å². The molecule has 4 heteroatoms. The van der Waals surface area contributed by atoms with Crippen LogP contribution >= 0.6 is 0 Å². The van der Waals surface area contributed by atoms with Gasteiger partial charge in [-0.15, -0.1) is 0 Å². The molecule has 0 aliphatic heterocycles. The van der Waals surface area contributed by atoms with Gasteiger partial charge >= 0.3 is 0 Å². The van der Waals surface area contributed by atoms with Crippen LogP contribution in [-0.2, 0) is 6.54 Å². The second-order valence-corrected chi connectivity index (χ2v) is 2.92. The molecule has 0 spiro atoms. The molecule has 0 saturated heterocycles. The van der Waals surface area contributed by atoms with Gasteiger partial charge < -0.3 is 10.5 Å². The zero-order valence-corrected chi connectivity index (χ0v) is 8.23. The van der Waals surface area contributed by atoms with E-state index in [0.29, 0.717) is 6.54 Å². The Labute approximate surface area is 78.7 Å². The fraction of sp³-hybridized carbons (Fsp3) is 0.667. The summed E-state index contributed by atoms with van der Waals surface area (Å²) in [5, 5.41) is 4.11. The molecule has 0 aliphatic carbocycles. The summed E-state index contributed by atoms with van der Waals surface area (Å²) in [5.41, 5.74) is 5.52. The Morgan fingerprint density at radius 3 is 2.85 bits per heavy atom. The molecule has 0 radical (unpaired) electrons. The van der Waals surface area contributed by atoms with E-state index in [0.717, 1.165) is 18.7 Å². The minimum Gasteiger partial charge on any atom is -0.486 e. The van der Waals surface area contributed by atoms with E-state index in [-0.39, 0.29) is 6.10 Å². The Kier molecular flexibility index (Phi) is 3.76. The van der Waals surface area contributed by atoms with Gasteiger partial charge in [0.2, 0.25) is 0 Å². The highest BCUT2D eigenvalue weighted by Crippen LogP contribution is 2.11. The van der Waals surface area contributed by atoms with Gasteiger partial charge in [-0.05, 0) is 13.3 Å². The third-order valence-electron chi connectivity index (χ3n) is 1.95. The van der Waals surface area contributed by atoms with Gasteiger partial charge in [-0.2, -0.15) is 5.10 Å². The van der Waals surface area contributed by atoms with Gasteiger partial charge in [-0.3, -0.25) is 4.68 Å². The summed E-state index contributed by atoms with van der Waals surface area (Å²) < 4.78 is 7.42. The monoisotopic (exact) mass is 183 g/mol. The minimum atomic E-state index is 0.106. The molecule has 0 aromatic carbocycles. The van der Waals surface area contributed by atoms with Crippen molar-refractivity contribution in [2.75, 3.05) is 6.54 Å². The van der Waals surface area contributed by atoms with Gasteiger partial charge in [0.15, 0.2) is 5.75 Å². The number of rotatable bonds is 5. The van der Waals surface area contributed by atoms with Crippen LogP contribution in [0.1, 0.15) is 20.3 Å². The number of aromatic nitrogens is 2.